The molecule has 31 heavy (non-hydrogen) atoms. The van der Waals surface area contributed by atoms with Crippen LogP contribution in [0.5, 0.6) is 11.5 Å². The molecule has 160 valence electrons. The van der Waals surface area contributed by atoms with Crippen LogP contribution in [0.2, 0.25) is 0 Å². The van der Waals surface area contributed by atoms with Crippen molar-refractivity contribution >= 4 is 27.9 Å². The SMILES string of the molecule is Cc1cc(Br)cc(C)c1OCC(=O)Oc1ccc(C(=O)OCCc2ccccc2)cc1. The Bertz CT molecular complexity index is 1020. The zero-order chi connectivity index (χ0) is 22.2. The number of rotatable bonds is 8. The van der Waals surface area contributed by atoms with Crippen molar-refractivity contribution in [3.8, 4) is 11.5 Å². The van der Waals surface area contributed by atoms with Gasteiger partial charge in [0.15, 0.2) is 6.61 Å². The van der Waals surface area contributed by atoms with E-state index in [2.05, 4.69) is 15.9 Å². The minimum Gasteiger partial charge on any atom is -0.481 e. The molecule has 3 aromatic rings. The number of halogens is 1. The Kier molecular flexibility index (Phi) is 7.84. The summed E-state index contributed by atoms with van der Waals surface area (Å²) in [6.45, 7) is 3.91. The predicted molar refractivity (Wildman–Crippen MR) is 122 cm³/mol. The fourth-order valence-electron chi connectivity index (χ4n) is 3.07. The number of carbonyl (C=O) groups excluding carboxylic acids is 2. The molecule has 0 fully saturated rings. The van der Waals surface area contributed by atoms with E-state index in [4.69, 9.17) is 14.2 Å². The molecule has 0 atom stereocenters. The van der Waals surface area contributed by atoms with Crippen molar-refractivity contribution in [1.29, 1.82) is 0 Å². The van der Waals surface area contributed by atoms with Gasteiger partial charge in [0.25, 0.3) is 0 Å². The largest absolute Gasteiger partial charge is 0.481 e. The molecule has 0 spiro atoms. The fraction of sp³-hybridized carbons (Fsp3) is 0.200. The molecule has 5 nitrogen and oxygen atoms in total. The average Bonchev–Trinajstić information content (AvgIpc) is 2.74. The molecular formula is C25H23BrO5. The second kappa shape index (κ2) is 10.8. The van der Waals surface area contributed by atoms with Crippen LogP contribution in [0.1, 0.15) is 27.0 Å². The highest BCUT2D eigenvalue weighted by molar-refractivity contribution is 9.10. The van der Waals surface area contributed by atoms with E-state index in [9.17, 15) is 9.59 Å². The lowest BCUT2D eigenvalue weighted by Crippen LogP contribution is -2.18. The number of hydrogen-bond acceptors (Lipinski definition) is 5. The summed E-state index contributed by atoms with van der Waals surface area (Å²) in [6.07, 6.45) is 0.652. The number of esters is 2. The zero-order valence-corrected chi connectivity index (χ0v) is 19.0. The van der Waals surface area contributed by atoms with E-state index in [0.29, 0.717) is 30.1 Å². The Hall–Kier alpha value is -3.12. The van der Waals surface area contributed by atoms with Gasteiger partial charge < -0.3 is 14.2 Å². The van der Waals surface area contributed by atoms with E-state index in [1.54, 1.807) is 24.3 Å². The molecule has 6 heteroatoms. The summed E-state index contributed by atoms with van der Waals surface area (Å²) >= 11 is 3.43. The second-order valence-corrected chi connectivity index (χ2v) is 7.94. The van der Waals surface area contributed by atoms with Crippen LogP contribution in [0.15, 0.2) is 71.2 Å². The van der Waals surface area contributed by atoms with Crippen molar-refractivity contribution in [2.45, 2.75) is 20.3 Å². The molecule has 3 rings (SSSR count). The van der Waals surface area contributed by atoms with Crippen LogP contribution in [-0.4, -0.2) is 25.2 Å². The number of hydrogen-bond donors (Lipinski definition) is 0. The Morgan fingerprint density at radius 3 is 2.19 bits per heavy atom. The van der Waals surface area contributed by atoms with Crippen LogP contribution in [0.25, 0.3) is 0 Å². The van der Waals surface area contributed by atoms with Crippen molar-refractivity contribution in [2.75, 3.05) is 13.2 Å². The van der Waals surface area contributed by atoms with Crippen molar-refractivity contribution < 1.29 is 23.8 Å². The van der Waals surface area contributed by atoms with Gasteiger partial charge in [0.1, 0.15) is 11.5 Å². The van der Waals surface area contributed by atoms with E-state index >= 15 is 0 Å². The fourth-order valence-corrected chi connectivity index (χ4v) is 3.75. The van der Waals surface area contributed by atoms with E-state index in [1.807, 2.05) is 56.3 Å². The highest BCUT2D eigenvalue weighted by Crippen LogP contribution is 2.27. The maximum absolute atomic E-state index is 12.2. The average molecular weight is 483 g/mol. The summed E-state index contributed by atoms with van der Waals surface area (Å²) in [6, 6.07) is 19.9. The monoisotopic (exact) mass is 482 g/mol. The normalized spacial score (nSPS) is 10.4. The van der Waals surface area contributed by atoms with E-state index in [1.165, 1.54) is 0 Å². The van der Waals surface area contributed by atoms with Crippen LogP contribution in [0, 0.1) is 13.8 Å². The molecule has 0 heterocycles. The maximum atomic E-state index is 12.2. The lowest BCUT2D eigenvalue weighted by atomic mass is 10.1. The highest BCUT2D eigenvalue weighted by atomic mass is 79.9. The van der Waals surface area contributed by atoms with Gasteiger partial charge in [-0.15, -0.1) is 0 Å². The Labute approximate surface area is 190 Å². The molecule has 3 aromatic carbocycles. The molecule has 0 amide bonds. The van der Waals surface area contributed by atoms with Gasteiger partial charge in [-0.1, -0.05) is 46.3 Å². The van der Waals surface area contributed by atoms with E-state index in [0.717, 1.165) is 21.2 Å². The third kappa shape index (κ3) is 6.69. The molecule has 0 unspecified atom stereocenters. The summed E-state index contributed by atoms with van der Waals surface area (Å²) in [5.41, 5.74) is 3.35. The number of benzene rings is 3. The van der Waals surface area contributed by atoms with Crippen LogP contribution in [-0.2, 0) is 16.0 Å². The van der Waals surface area contributed by atoms with Crippen LogP contribution >= 0.6 is 15.9 Å². The lowest BCUT2D eigenvalue weighted by molar-refractivity contribution is -0.136. The molecule has 0 saturated carbocycles. The Morgan fingerprint density at radius 2 is 1.55 bits per heavy atom. The van der Waals surface area contributed by atoms with Gasteiger partial charge in [-0.3, -0.25) is 0 Å². The molecule has 0 aromatic heterocycles. The Balaban J connectivity index is 1.47. The lowest BCUT2D eigenvalue weighted by Gasteiger charge is -2.12. The molecule has 0 radical (unpaired) electrons. The number of ether oxygens (including phenoxy) is 3. The summed E-state index contributed by atoms with van der Waals surface area (Å²) in [4.78, 5) is 24.3. The summed E-state index contributed by atoms with van der Waals surface area (Å²) in [5, 5.41) is 0. The molecular weight excluding hydrogens is 460 g/mol. The molecule has 0 bridgehead atoms. The summed E-state index contributed by atoms with van der Waals surface area (Å²) in [7, 11) is 0. The molecule has 0 aliphatic heterocycles. The smallest absolute Gasteiger partial charge is 0.349 e. The summed E-state index contributed by atoms with van der Waals surface area (Å²) < 4.78 is 17.2. The first-order valence-electron chi connectivity index (χ1n) is 9.83. The van der Waals surface area contributed by atoms with E-state index in [-0.39, 0.29) is 6.61 Å². The maximum Gasteiger partial charge on any atom is 0.349 e. The molecule has 0 aliphatic carbocycles. The van der Waals surface area contributed by atoms with Crippen LogP contribution < -0.4 is 9.47 Å². The molecule has 0 N–H and O–H groups in total. The van der Waals surface area contributed by atoms with Gasteiger partial charge in [-0.2, -0.15) is 0 Å². The standard InChI is InChI=1S/C25H23BrO5/c1-17-14-21(26)15-18(2)24(17)30-16-23(27)31-22-10-8-20(9-11-22)25(28)29-13-12-19-6-4-3-5-7-19/h3-11,14-15H,12-13,16H2,1-2H3. The first-order chi connectivity index (χ1) is 14.9. The van der Waals surface area contributed by atoms with Crippen LogP contribution in [0.3, 0.4) is 0 Å². The molecule has 0 saturated heterocycles. The third-order valence-electron chi connectivity index (χ3n) is 4.55. The van der Waals surface area contributed by atoms with Crippen LogP contribution in [0.4, 0.5) is 0 Å². The van der Waals surface area contributed by atoms with Gasteiger partial charge in [0.05, 0.1) is 12.2 Å². The third-order valence-corrected chi connectivity index (χ3v) is 5.01. The van der Waals surface area contributed by atoms with Gasteiger partial charge in [-0.25, -0.2) is 9.59 Å². The second-order valence-electron chi connectivity index (χ2n) is 7.03. The van der Waals surface area contributed by atoms with Gasteiger partial charge >= 0.3 is 11.9 Å². The van der Waals surface area contributed by atoms with E-state index < -0.39 is 11.9 Å². The zero-order valence-electron chi connectivity index (χ0n) is 17.4. The van der Waals surface area contributed by atoms with Gasteiger partial charge in [0.2, 0.25) is 0 Å². The summed E-state index contributed by atoms with van der Waals surface area (Å²) in [5.74, 6) is 0.0469. The highest BCUT2D eigenvalue weighted by Gasteiger charge is 2.12. The van der Waals surface area contributed by atoms with Crippen molar-refractivity contribution in [3.05, 3.63) is 93.5 Å². The first-order valence-corrected chi connectivity index (χ1v) is 10.6. The predicted octanol–water partition coefficient (Wildman–Crippen LogP) is 5.45. The minimum atomic E-state index is -0.528. The van der Waals surface area contributed by atoms with Gasteiger partial charge in [-0.05, 0) is 66.9 Å². The molecule has 0 aliphatic rings. The van der Waals surface area contributed by atoms with Crippen molar-refractivity contribution in [2.24, 2.45) is 0 Å². The van der Waals surface area contributed by atoms with Crippen molar-refractivity contribution in [3.63, 3.8) is 0 Å². The quantitative estimate of drug-likeness (QED) is 0.315. The minimum absolute atomic E-state index is 0.216. The number of aryl methyl sites for hydroxylation is 2. The van der Waals surface area contributed by atoms with Crippen molar-refractivity contribution in [1.82, 2.24) is 0 Å². The topological polar surface area (TPSA) is 61.8 Å². The Morgan fingerprint density at radius 1 is 0.903 bits per heavy atom. The first kappa shape index (κ1) is 22.6. The number of carbonyl (C=O) groups is 2. The van der Waals surface area contributed by atoms with Gasteiger partial charge in [0, 0.05) is 10.9 Å².